The Hall–Kier alpha value is -1.63. The summed E-state index contributed by atoms with van der Waals surface area (Å²) in [6.07, 6.45) is 4.49. The van der Waals surface area contributed by atoms with Gasteiger partial charge in [-0.25, -0.2) is 4.79 Å². The van der Waals surface area contributed by atoms with Crippen molar-refractivity contribution in [2.45, 2.75) is 51.2 Å². The van der Waals surface area contributed by atoms with Gasteiger partial charge in [-0.3, -0.25) is 4.90 Å². The molecule has 0 unspecified atom stereocenters. The number of hydrogen-bond donors (Lipinski definition) is 0. The third-order valence-corrected chi connectivity index (χ3v) is 6.07. The van der Waals surface area contributed by atoms with Gasteiger partial charge in [0, 0.05) is 38.8 Å². The molecule has 0 aliphatic carbocycles. The number of carbonyl (C=O) groups excluding carboxylic acids is 1. The molecule has 2 saturated heterocycles. The molecule has 2 fully saturated rings. The Bertz CT molecular complexity index is 607. The molecule has 0 aromatic heterocycles. The van der Waals surface area contributed by atoms with Crippen molar-refractivity contribution in [2.75, 3.05) is 53.0 Å². The predicted molar refractivity (Wildman–Crippen MR) is 115 cm³/mol. The van der Waals surface area contributed by atoms with Crippen molar-refractivity contribution in [3.63, 3.8) is 0 Å². The maximum atomic E-state index is 12.5. The first kappa shape index (κ1) is 22.1. The molecule has 1 aromatic carbocycles. The van der Waals surface area contributed by atoms with Crippen LogP contribution >= 0.6 is 0 Å². The van der Waals surface area contributed by atoms with E-state index in [0.717, 1.165) is 52.2 Å². The molecular weight excluding hydrogens is 366 g/mol. The highest BCUT2D eigenvalue weighted by Crippen LogP contribution is 2.22. The van der Waals surface area contributed by atoms with Gasteiger partial charge in [0.05, 0.1) is 19.8 Å². The number of rotatable bonds is 9. The molecule has 1 amide bonds. The van der Waals surface area contributed by atoms with Gasteiger partial charge < -0.3 is 19.3 Å². The van der Waals surface area contributed by atoms with Crippen molar-refractivity contribution in [3.05, 3.63) is 35.9 Å². The summed E-state index contributed by atoms with van der Waals surface area (Å²) in [7, 11) is 1.48. The van der Waals surface area contributed by atoms with Crippen LogP contribution in [0, 0.1) is 0 Å². The zero-order valence-corrected chi connectivity index (χ0v) is 18.1. The number of unbranched alkanes of at least 4 members (excludes halogenated alkanes) is 1. The van der Waals surface area contributed by atoms with E-state index in [0.29, 0.717) is 19.2 Å². The van der Waals surface area contributed by atoms with Crippen LogP contribution in [0.5, 0.6) is 0 Å². The number of piperazine rings is 1. The third-order valence-electron chi connectivity index (χ3n) is 6.07. The van der Waals surface area contributed by atoms with E-state index < -0.39 is 0 Å². The SMILES string of the molecule is CCCCOC[C@@H]1CN(Cc2ccccc2)[C@H](CN2CCCC2)CN1C(=O)OC. The van der Waals surface area contributed by atoms with Crippen LogP contribution < -0.4 is 0 Å². The van der Waals surface area contributed by atoms with E-state index >= 15 is 0 Å². The second kappa shape index (κ2) is 11.5. The Kier molecular flexibility index (Phi) is 8.77. The molecule has 2 atom stereocenters. The van der Waals surface area contributed by atoms with Crippen LogP contribution in [0.3, 0.4) is 0 Å². The van der Waals surface area contributed by atoms with Crippen LogP contribution in [-0.2, 0) is 16.0 Å². The summed E-state index contributed by atoms with van der Waals surface area (Å²) in [5, 5.41) is 0. The Labute approximate surface area is 175 Å². The predicted octanol–water partition coefficient (Wildman–Crippen LogP) is 3.22. The van der Waals surface area contributed by atoms with E-state index in [1.54, 1.807) is 0 Å². The minimum atomic E-state index is -0.236. The average molecular weight is 404 g/mol. The highest BCUT2D eigenvalue weighted by atomic mass is 16.5. The summed E-state index contributed by atoms with van der Waals surface area (Å²) >= 11 is 0. The smallest absolute Gasteiger partial charge is 0.409 e. The highest BCUT2D eigenvalue weighted by molar-refractivity contribution is 5.68. The molecule has 0 bridgehead atoms. The molecule has 0 radical (unpaired) electrons. The fourth-order valence-corrected chi connectivity index (χ4v) is 4.41. The summed E-state index contributed by atoms with van der Waals surface area (Å²) in [5.74, 6) is 0. The highest BCUT2D eigenvalue weighted by Gasteiger charge is 2.38. The van der Waals surface area contributed by atoms with Crippen LogP contribution in [0.4, 0.5) is 4.79 Å². The summed E-state index contributed by atoms with van der Waals surface area (Å²) in [4.78, 5) is 19.5. The maximum absolute atomic E-state index is 12.5. The van der Waals surface area contributed by atoms with Crippen LogP contribution in [0.15, 0.2) is 30.3 Å². The van der Waals surface area contributed by atoms with Gasteiger partial charge in [0.2, 0.25) is 0 Å². The normalized spacial score (nSPS) is 23.4. The first-order valence-electron chi connectivity index (χ1n) is 11.1. The van der Waals surface area contributed by atoms with Gasteiger partial charge in [0.1, 0.15) is 0 Å². The van der Waals surface area contributed by atoms with E-state index in [9.17, 15) is 4.79 Å². The van der Waals surface area contributed by atoms with Gasteiger partial charge in [-0.05, 0) is 37.9 Å². The first-order valence-corrected chi connectivity index (χ1v) is 11.1. The maximum Gasteiger partial charge on any atom is 0.409 e. The number of nitrogens with zero attached hydrogens (tertiary/aromatic N) is 3. The average Bonchev–Trinajstić information content (AvgIpc) is 3.26. The van der Waals surface area contributed by atoms with E-state index in [2.05, 4.69) is 47.1 Å². The molecule has 0 N–H and O–H groups in total. The standard InChI is InChI=1S/C23H37N3O3/c1-3-4-14-29-19-22-17-25(15-20-10-6-5-7-11-20)21(16-24-12-8-9-13-24)18-26(22)23(27)28-2/h5-7,10-11,21-22H,3-4,8-9,12-19H2,1-2H3/t21-,22+/m1/s1. The van der Waals surface area contributed by atoms with Crippen molar-refractivity contribution in [1.82, 2.24) is 14.7 Å². The second-order valence-corrected chi connectivity index (χ2v) is 8.28. The van der Waals surface area contributed by atoms with E-state index in [1.807, 2.05) is 4.90 Å². The van der Waals surface area contributed by atoms with Gasteiger partial charge in [0.25, 0.3) is 0 Å². The van der Waals surface area contributed by atoms with Gasteiger partial charge in [0.15, 0.2) is 0 Å². The van der Waals surface area contributed by atoms with Crippen molar-refractivity contribution in [3.8, 4) is 0 Å². The Morgan fingerprint density at radius 1 is 1.10 bits per heavy atom. The lowest BCUT2D eigenvalue weighted by Gasteiger charge is -2.46. The van der Waals surface area contributed by atoms with E-state index in [4.69, 9.17) is 9.47 Å². The number of methoxy groups -OCH3 is 1. The topological polar surface area (TPSA) is 45.2 Å². The molecule has 6 heteroatoms. The number of likely N-dealkylation sites (tertiary alicyclic amines) is 1. The Morgan fingerprint density at radius 3 is 2.55 bits per heavy atom. The number of hydrogen-bond acceptors (Lipinski definition) is 5. The molecule has 2 aliphatic rings. The lowest BCUT2D eigenvalue weighted by Crippen LogP contribution is -2.63. The monoisotopic (exact) mass is 403 g/mol. The van der Waals surface area contributed by atoms with Crippen molar-refractivity contribution in [1.29, 1.82) is 0 Å². The second-order valence-electron chi connectivity index (χ2n) is 8.28. The minimum absolute atomic E-state index is 0.0258. The van der Waals surface area contributed by atoms with Gasteiger partial charge >= 0.3 is 6.09 Å². The van der Waals surface area contributed by atoms with Crippen LogP contribution in [0.1, 0.15) is 38.2 Å². The molecule has 1 aromatic rings. The number of carbonyl (C=O) groups is 1. The van der Waals surface area contributed by atoms with Crippen molar-refractivity contribution < 1.29 is 14.3 Å². The van der Waals surface area contributed by atoms with Crippen molar-refractivity contribution >= 4 is 6.09 Å². The quantitative estimate of drug-likeness (QED) is 0.593. The molecule has 2 heterocycles. The molecule has 6 nitrogen and oxygen atoms in total. The van der Waals surface area contributed by atoms with E-state index in [1.165, 1.54) is 25.5 Å². The van der Waals surface area contributed by atoms with Gasteiger partial charge in [-0.2, -0.15) is 0 Å². The fraction of sp³-hybridized carbons (Fsp3) is 0.696. The Balaban J connectivity index is 1.72. The summed E-state index contributed by atoms with van der Waals surface area (Å²) in [5.41, 5.74) is 1.32. The summed E-state index contributed by atoms with van der Waals surface area (Å²) in [6.45, 7) is 9.22. The molecule has 162 valence electrons. The van der Waals surface area contributed by atoms with Gasteiger partial charge in [-0.1, -0.05) is 43.7 Å². The minimum Gasteiger partial charge on any atom is -0.453 e. The van der Waals surface area contributed by atoms with Gasteiger partial charge in [-0.15, -0.1) is 0 Å². The van der Waals surface area contributed by atoms with Crippen molar-refractivity contribution in [2.24, 2.45) is 0 Å². The molecule has 2 aliphatic heterocycles. The first-order chi connectivity index (χ1) is 14.2. The molecule has 3 rings (SSSR count). The third kappa shape index (κ3) is 6.43. The largest absolute Gasteiger partial charge is 0.453 e. The summed E-state index contributed by atoms with van der Waals surface area (Å²) in [6, 6.07) is 11.0. The molecule has 0 saturated carbocycles. The van der Waals surface area contributed by atoms with E-state index in [-0.39, 0.29) is 12.1 Å². The molecule has 29 heavy (non-hydrogen) atoms. The number of ether oxygens (including phenoxy) is 2. The Morgan fingerprint density at radius 2 is 1.86 bits per heavy atom. The van der Waals surface area contributed by atoms with Crippen LogP contribution in [0.25, 0.3) is 0 Å². The number of amides is 1. The fourth-order valence-electron chi connectivity index (χ4n) is 4.41. The number of benzene rings is 1. The zero-order valence-electron chi connectivity index (χ0n) is 18.1. The summed E-state index contributed by atoms with van der Waals surface area (Å²) < 4.78 is 11.0. The van der Waals surface area contributed by atoms with Crippen LogP contribution in [0.2, 0.25) is 0 Å². The molecule has 0 spiro atoms. The molecular formula is C23H37N3O3. The lowest BCUT2D eigenvalue weighted by molar-refractivity contribution is -0.0222. The zero-order chi connectivity index (χ0) is 20.5. The lowest BCUT2D eigenvalue weighted by atomic mass is 10.0. The van der Waals surface area contributed by atoms with Crippen LogP contribution in [-0.4, -0.2) is 85.9 Å².